The fourth-order valence-electron chi connectivity index (χ4n) is 2.71. The Morgan fingerprint density at radius 1 is 0.923 bits per heavy atom. The average Bonchev–Trinajstić information content (AvgIpc) is 3.00. The molecule has 0 N–H and O–H groups in total. The fraction of sp³-hybridized carbons (Fsp3) is 0.263. The summed E-state index contributed by atoms with van der Waals surface area (Å²) in [7, 11) is 1.65. The summed E-state index contributed by atoms with van der Waals surface area (Å²) in [6.07, 6.45) is -3.62. The third kappa shape index (κ3) is 3.42. The molecule has 26 heavy (non-hydrogen) atoms. The molecule has 3 rings (SSSR count). The molecule has 0 spiro atoms. The zero-order valence-corrected chi connectivity index (χ0v) is 14.4. The highest BCUT2D eigenvalue weighted by Gasteiger charge is 2.34. The molecule has 0 fully saturated rings. The maximum absolute atomic E-state index is 13.3. The molecule has 1 heterocycles. The minimum absolute atomic E-state index is 0.00629. The Balaban J connectivity index is 2.09. The van der Waals surface area contributed by atoms with Crippen molar-refractivity contribution >= 4 is 0 Å². The van der Waals surface area contributed by atoms with Gasteiger partial charge in [0.25, 0.3) is 0 Å². The topological polar surface area (TPSA) is 39.9 Å². The van der Waals surface area contributed by atoms with Crippen molar-refractivity contribution in [2.45, 2.75) is 19.5 Å². The summed E-state index contributed by atoms with van der Waals surface area (Å²) in [6.45, 7) is 2.54. The number of hydrogen-bond acceptors (Lipinski definition) is 3. The maximum Gasteiger partial charge on any atom is 0.417 e. The van der Waals surface area contributed by atoms with Gasteiger partial charge in [-0.2, -0.15) is 13.2 Å². The van der Waals surface area contributed by atoms with Gasteiger partial charge in [-0.15, -0.1) is 10.2 Å². The van der Waals surface area contributed by atoms with Gasteiger partial charge in [-0.3, -0.25) is 0 Å². The van der Waals surface area contributed by atoms with Crippen LogP contribution in [0.4, 0.5) is 13.2 Å². The third-order valence-electron chi connectivity index (χ3n) is 3.94. The molecule has 3 aromatic rings. The molecule has 1 aromatic heterocycles. The maximum atomic E-state index is 13.3. The molecule has 0 saturated carbocycles. The van der Waals surface area contributed by atoms with Crippen LogP contribution < -0.4 is 4.74 Å². The molecule has 0 unspecified atom stereocenters. The van der Waals surface area contributed by atoms with Crippen molar-refractivity contribution in [1.82, 2.24) is 14.8 Å². The number of nitrogens with zero attached hydrogens (tertiary/aromatic N) is 3. The van der Waals surface area contributed by atoms with E-state index >= 15 is 0 Å². The van der Waals surface area contributed by atoms with Gasteiger partial charge < -0.3 is 9.30 Å². The predicted octanol–water partition coefficient (Wildman–Crippen LogP) is 4.96. The van der Waals surface area contributed by atoms with Crippen LogP contribution in [-0.2, 0) is 13.2 Å². The van der Waals surface area contributed by atoms with Gasteiger partial charge in [0.15, 0.2) is 11.6 Å². The van der Waals surface area contributed by atoms with E-state index in [2.05, 4.69) is 10.2 Å². The van der Waals surface area contributed by atoms with Gasteiger partial charge in [-0.05, 0) is 24.6 Å². The van der Waals surface area contributed by atoms with E-state index in [4.69, 9.17) is 4.74 Å². The summed E-state index contributed by atoms with van der Waals surface area (Å²) < 4.78 is 47.2. The minimum Gasteiger partial charge on any atom is -0.493 e. The van der Waals surface area contributed by atoms with E-state index in [9.17, 15) is 13.2 Å². The van der Waals surface area contributed by atoms with E-state index in [-0.39, 0.29) is 11.4 Å². The number of aromatic nitrogens is 3. The summed E-state index contributed by atoms with van der Waals surface area (Å²) in [4.78, 5) is 0. The van der Waals surface area contributed by atoms with Crippen molar-refractivity contribution in [2.24, 2.45) is 7.05 Å². The zero-order chi connectivity index (χ0) is 18.7. The van der Waals surface area contributed by atoms with E-state index in [1.165, 1.54) is 12.1 Å². The molecule has 0 aliphatic heterocycles. The molecule has 0 bridgehead atoms. The standard InChI is InChI=1S/C19H18F3N3O/c1-3-12-26-16-11-7-5-9-14(16)18-24-23-17(25(18)2)13-8-4-6-10-15(13)19(20,21)22/h4-11H,3,12H2,1-2H3. The normalized spacial score (nSPS) is 11.6. The van der Waals surface area contributed by atoms with Crippen LogP contribution in [0.1, 0.15) is 18.9 Å². The van der Waals surface area contributed by atoms with Crippen LogP contribution in [0.15, 0.2) is 48.5 Å². The molecule has 0 aliphatic carbocycles. The average molecular weight is 361 g/mol. The highest BCUT2D eigenvalue weighted by atomic mass is 19.4. The van der Waals surface area contributed by atoms with Crippen LogP contribution in [0.25, 0.3) is 22.8 Å². The molecule has 7 heteroatoms. The third-order valence-corrected chi connectivity index (χ3v) is 3.94. The second-order valence-electron chi connectivity index (χ2n) is 5.79. The molecule has 136 valence electrons. The molecule has 4 nitrogen and oxygen atoms in total. The monoisotopic (exact) mass is 361 g/mol. The Labute approximate surface area is 149 Å². The molecule has 0 aliphatic rings. The molecular formula is C19H18F3N3O. The second-order valence-corrected chi connectivity index (χ2v) is 5.79. The van der Waals surface area contributed by atoms with Gasteiger partial charge in [0.2, 0.25) is 0 Å². The lowest BCUT2D eigenvalue weighted by atomic mass is 10.1. The fourth-order valence-corrected chi connectivity index (χ4v) is 2.71. The number of hydrogen-bond donors (Lipinski definition) is 0. The Kier molecular flexibility index (Phi) is 4.97. The van der Waals surface area contributed by atoms with Crippen molar-refractivity contribution in [3.8, 4) is 28.5 Å². The Morgan fingerprint density at radius 2 is 1.50 bits per heavy atom. The lowest BCUT2D eigenvalue weighted by molar-refractivity contribution is -0.137. The SMILES string of the molecule is CCCOc1ccccc1-c1nnc(-c2ccccc2C(F)(F)F)n1C. The largest absolute Gasteiger partial charge is 0.493 e. The molecule has 0 amide bonds. The van der Waals surface area contributed by atoms with Crippen LogP contribution in [-0.4, -0.2) is 21.4 Å². The van der Waals surface area contributed by atoms with Gasteiger partial charge in [-0.1, -0.05) is 37.3 Å². The van der Waals surface area contributed by atoms with Crippen molar-refractivity contribution in [2.75, 3.05) is 6.61 Å². The van der Waals surface area contributed by atoms with Crippen molar-refractivity contribution < 1.29 is 17.9 Å². The van der Waals surface area contributed by atoms with Gasteiger partial charge in [0.05, 0.1) is 17.7 Å². The molecule has 0 saturated heterocycles. The summed E-state index contributed by atoms with van der Waals surface area (Å²) in [5.41, 5.74) is -0.0579. The number of halogens is 3. The van der Waals surface area contributed by atoms with Gasteiger partial charge in [-0.25, -0.2) is 0 Å². The van der Waals surface area contributed by atoms with Crippen LogP contribution in [0, 0.1) is 0 Å². The van der Waals surface area contributed by atoms with E-state index in [0.29, 0.717) is 23.7 Å². The smallest absolute Gasteiger partial charge is 0.417 e. The first-order valence-electron chi connectivity index (χ1n) is 8.21. The Bertz CT molecular complexity index is 903. The van der Waals surface area contributed by atoms with E-state index in [1.54, 1.807) is 17.7 Å². The number of alkyl halides is 3. The van der Waals surface area contributed by atoms with Gasteiger partial charge >= 0.3 is 6.18 Å². The van der Waals surface area contributed by atoms with Crippen molar-refractivity contribution in [1.29, 1.82) is 0 Å². The van der Waals surface area contributed by atoms with E-state index in [1.807, 2.05) is 31.2 Å². The van der Waals surface area contributed by atoms with Gasteiger partial charge in [0, 0.05) is 12.6 Å². The highest BCUT2D eigenvalue weighted by Crippen LogP contribution is 2.37. The summed E-state index contributed by atoms with van der Waals surface area (Å²) in [5, 5.41) is 8.14. The van der Waals surface area contributed by atoms with E-state index in [0.717, 1.165) is 12.5 Å². The zero-order valence-electron chi connectivity index (χ0n) is 14.4. The minimum atomic E-state index is -4.47. The number of ether oxygens (including phenoxy) is 1. The number of rotatable bonds is 5. The van der Waals surface area contributed by atoms with Gasteiger partial charge in [0.1, 0.15) is 5.75 Å². The molecule has 2 aromatic carbocycles. The summed E-state index contributed by atoms with van der Waals surface area (Å²) in [6, 6.07) is 12.6. The summed E-state index contributed by atoms with van der Waals surface area (Å²) >= 11 is 0. The number of para-hydroxylation sites is 1. The van der Waals surface area contributed by atoms with Crippen molar-refractivity contribution in [3.05, 3.63) is 54.1 Å². The Hall–Kier alpha value is -2.83. The predicted molar refractivity (Wildman–Crippen MR) is 92.7 cm³/mol. The molecular weight excluding hydrogens is 343 g/mol. The van der Waals surface area contributed by atoms with Crippen molar-refractivity contribution in [3.63, 3.8) is 0 Å². The molecule has 0 radical (unpaired) electrons. The quantitative estimate of drug-likeness (QED) is 0.645. The highest BCUT2D eigenvalue weighted by molar-refractivity contribution is 5.69. The number of benzene rings is 2. The summed E-state index contributed by atoms with van der Waals surface area (Å²) in [5.74, 6) is 1.22. The van der Waals surface area contributed by atoms with Crippen LogP contribution in [0.5, 0.6) is 5.75 Å². The second kappa shape index (κ2) is 7.19. The molecule has 0 atom stereocenters. The Morgan fingerprint density at radius 3 is 2.15 bits per heavy atom. The van der Waals surface area contributed by atoms with Crippen LogP contribution in [0.2, 0.25) is 0 Å². The lowest BCUT2D eigenvalue weighted by Gasteiger charge is -2.13. The first-order chi connectivity index (χ1) is 12.4. The van der Waals surface area contributed by atoms with Crippen LogP contribution in [0.3, 0.4) is 0 Å². The van der Waals surface area contributed by atoms with E-state index < -0.39 is 11.7 Å². The first-order valence-corrected chi connectivity index (χ1v) is 8.21. The van der Waals surface area contributed by atoms with Crippen LogP contribution >= 0.6 is 0 Å². The first kappa shape index (κ1) is 18.0. The lowest BCUT2D eigenvalue weighted by Crippen LogP contribution is -2.08.